The van der Waals surface area contributed by atoms with Gasteiger partial charge in [0.2, 0.25) is 0 Å². The van der Waals surface area contributed by atoms with Gasteiger partial charge < -0.3 is 10.2 Å². The van der Waals surface area contributed by atoms with E-state index in [1.165, 1.54) is 12.1 Å². The SMILES string of the molecule is CCn1cc(N2CCC(NC)C(C)C2C)cn1. The van der Waals surface area contributed by atoms with Gasteiger partial charge in [0.15, 0.2) is 0 Å². The molecule has 3 atom stereocenters. The number of anilines is 1. The molecular formula is C13H24N4. The zero-order valence-corrected chi connectivity index (χ0v) is 11.3. The summed E-state index contributed by atoms with van der Waals surface area (Å²) in [6, 6.07) is 1.21. The van der Waals surface area contributed by atoms with Crippen molar-refractivity contribution >= 4 is 5.69 Å². The predicted molar refractivity (Wildman–Crippen MR) is 71.3 cm³/mol. The lowest BCUT2D eigenvalue weighted by Gasteiger charge is -2.43. The van der Waals surface area contributed by atoms with E-state index in [0.717, 1.165) is 13.1 Å². The summed E-state index contributed by atoms with van der Waals surface area (Å²) < 4.78 is 2.00. The minimum atomic E-state index is 0.565. The topological polar surface area (TPSA) is 33.1 Å². The van der Waals surface area contributed by atoms with Crippen LogP contribution in [0.15, 0.2) is 12.4 Å². The van der Waals surface area contributed by atoms with E-state index in [2.05, 4.69) is 49.3 Å². The minimum Gasteiger partial charge on any atom is -0.366 e. The molecule has 0 aromatic carbocycles. The van der Waals surface area contributed by atoms with Crippen LogP contribution in [0.2, 0.25) is 0 Å². The Balaban J connectivity index is 2.12. The fourth-order valence-electron chi connectivity index (χ4n) is 2.81. The van der Waals surface area contributed by atoms with Gasteiger partial charge >= 0.3 is 0 Å². The van der Waals surface area contributed by atoms with Gasteiger partial charge in [-0.05, 0) is 33.2 Å². The molecular weight excluding hydrogens is 212 g/mol. The third-order valence-electron chi connectivity index (χ3n) is 4.21. The zero-order valence-electron chi connectivity index (χ0n) is 11.3. The molecule has 17 heavy (non-hydrogen) atoms. The first-order chi connectivity index (χ1) is 8.17. The van der Waals surface area contributed by atoms with E-state index >= 15 is 0 Å². The highest BCUT2D eigenvalue weighted by Gasteiger charge is 2.31. The van der Waals surface area contributed by atoms with Crippen LogP contribution in [0.4, 0.5) is 5.69 Å². The Morgan fingerprint density at radius 3 is 2.82 bits per heavy atom. The average Bonchev–Trinajstić information content (AvgIpc) is 2.81. The molecule has 2 rings (SSSR count). The first-order valence-corrected chi connectivity index (χ1v) is 6.63. The van der Waals surface area contributed by atoms with Crippen molar-refractivity contribution in [2.24, 2.45) is 5.92 Å². The number of nitrogens with one attached hydrogen (secondary N) is 1. The van der Waals surface area contributed by atoms with Crippen molar-refractivity contribution < 1.29 is 0 Å². The second-order valence-electron chi connectivity index (χ2n) is 5.03. The van der Waals surface area contributed by atoms with Gasteiger partial charge in [-0.15, -0.1) is 0 Å². The maximum absolute atomic E-state index is 4.37. The van der Waals surface area contributed by atoms with Crippen LogP contribution in [0.3, 0.4) is 0 Å². The van der Waals surface area contributed by atoms with Crippen molar-refractivity contribution in [2.45, 2.75) is 45.8 Å². The van der Waals surface area contributed by atoms with Crippen molar-refractivity contribution in [3.63, 3.8) is 0 Å². The molecule has 1 aliphatic heterocycles. The first-order valence-electron chi connectivity index (χ1n) is 6.63. The summed E-state index contributed by atoms with van der Waals surface area (Å²) in [5.41, 5.74) is 1.26. The Labute approximate surface area is 104 Å². The Kier molecular flexibility index (Phi) is 3.72. The monoisotopic (exact) mass is 236 g/mol. The fraction of sp³-hybridized carbons (Fsp3) is 0.769. The summed E-state index contributed by atoms with van der Waals surface area (Å²) >= 11 is 0. The van der Waals surface area contributed by atoms with Gasteiger partial charge in [-0.25, -0.2) is 0 Å². The summed E-state index contributed by atoms with van der Waals surface area (Å²) in [5, 5.41) is 7.79. The third kappa shape index (κ3) is 2.32. The number of hydrogen-bond acceptors (Lipinski definition) is 3. The van der Waals surface area contributed by atoms with Crippen LogP contribution < -0.4 is 10.2 Å². The van der Waals surface area contributed by atoms with Crippen LogP contribution in [-0.2, 0) is 6.54 Å². The van der Waals surface area contributed by atoms with E-state index < -0.39 is 0 Å². The minimum absolute atomic E-state index is 0.565. The summed E-state index contributed by atoms with van der Waals surface area (Å²) in [5.74, 6) is 0.665. The molecule has 3 unspecified atom stereocenters. The number of hydrogen-bond donors (Lipinski definition) is 1. The van der Waals surface area contributed by atoms with E-state index in [4.69, 9.17) is 0 Å². The first kappa shape index (κ1) is 12.4. The Hall–Kier alpha value is -1.03. The average molecular weight is 236 g/mol. The Morgan fingerprint density at radius 2 is 2.24 bits per heavy atom. The van der Waals surface area contributed by atoms with Gasteiger partial charge in [-0.2, -0.15) is 5.10 Å². The van der Waals surface area contributed by atoms with Crippen LogP contribution in [0.1, 0.15) is 27.2 Å². The van der Waals surface area contributed by atoms with Gasteiger partial charge in [0, 0.05) is 31.4 Å². The van der Waals surface area contributed by atoms with Crippen LogP contribution in [0.25, 0.3) is 0 Å². The summed E-state index contributed by atoms with van der Waals surface area (Å²) in [4.78, 5) is 2.48. The second-order valence-corrected chi connectivity index (χ2v) is 5.03. The van der Waals surface area contributed by atoms with E-state index in [9.17, 15) is 0 Å². The van der Waals surface area contributed by atoms with Gasteiger partial charge in [0.05, 0.1) is 11.9 Å². The molecule has 1 saturated heterocycles. The van der Waals surface area contributed by atoms with Crippen molar-refractivity contribution in [1.82, 2.24) is 15.1 Å². The van der Waals surface area contributed by atoms with Crippen molar-refractivity contribution in [3.05, 3.63) is 12.4 Å². The largest absolute Gasteiger partial charge is 0.366 e. The predicted octanol–water partition coefficient (Wildman–Crippen LogP) is 1.73. The highest BCUT2D eigenvalue weighted by molar-refractivity contribution is 5.44. The number of rotatable bonds is 3. The molecule has 4 heteroatoms. The molecule has 1 aromatic heterocycles. The summed E-state index contributed by atoms with van der Waals surface area (Å²) in [6.07, 6.45) is 5.36. The maximum Gasteiger partial charge on any atom is 0.0755 e. The molecule has 1 N–H and O–H groups in total. The molecule has 1 fully saturated rings. The molecule has 0 aliphatic carbocycles. The van der Waals surface area contributed by atoms with Crippen LogP contribution in [-0.4, -0.2) is 35.5 Å². The third-order valence-corrected chi connectivity index (χ3v) is 4.21. The van der Waals surface area contributed by atoms with Gasteiger partial charge in [0.25, 0.3) is 0 Å². The number of aromatic nitrogens is 2. The van der Waals surface area contributed by atoms with Gasteiger partial charge in [-0.1, -0.05) is 6.92 Å². The lowest BCUT2D eigenvalue weighted by Crippen LogP contribution is -2.52. The fourth-order valence-corrected chi connectivity index (χ4v) is 2.81. The lowest BCUT2D eigenvalue weighted by atomic mass is 9.87. The van der Waals surface area contributed by atoms with Crippen LogP contribution >= 0.6 is 0 Å². The van der Waals surface area contributed by atoms with E-state index in [1.54, 1.807) is 0 Å². The normalized spacial score (nSPS) is 29.6. The molecule has 0 spiro atoms. The summed E-state index contributed by atoms with van der Waals surface area (Å²) in [7, 11) is 2.07. The zero-order chi connectivity index (χ0) is 12.4. The van der Waals surface area contributed by atoms with E-state index in [-0.39, 0.29) is 0 Å². The number of piperidine rings is 1. The van der Waals surface area contributed by atoms with Gasteiger partial charge in [0.1, 0.15) is 0 Å². The smallest absolute Gasteiger partial charge is 0.0755 e. The molecule has 1 aromatic rings. The highest BCUT2D eigenvalue weighted by atomic mass is 15.3. The number of aryl methyl sites for hydroxylation is 1. The Bertz CT molecular complexity index is 360. The van der Waals surface area contributed by atoms with Gasteiger partial charge in [-0.3, -0.25) is 4.68 Å². The van der Waals surface area contributed by atoms with Crippen molar-refractivity contribution in [2.75, 3.05) is 18.5 Å². The molecule has 96 valence electrons. The summed E-state index contributed by atoms with van der Waals surface area (Å²) in [6.45, 7) is 8.83. The van der Waals surface area contributed by atoms with Crippen molar-refractivity contribution in [3.8, 4) is 0 Å². The van der Waals surface area contributed by atoms with E-state index in [1.807, 2.05) is 10.9 Å². The molecule has 4 nitrogen and oxygen atoms in total. The molecule has 0 radical (unpaired) electrons. The number of nitrogens with zero attached hydrogens (tertiary/aromatic N) is 3. The van der Waals surface area contributed by atoms with Crippen LogP contribution in [0, 0.1) is 5.92 Å². The standard InChI is InChI=1S/C13H24N4/c1-5-16-9-12(8-15-16)17-7-6-13(14-4)10(2)11(17)3/h8-11,13-14H,5-7H2,1-4H3. The molecule has 0 amide bonds. The van der Waals surface area contributed by atoms with Crippen molar-refractivity contribution in [1.29, 1.82) is 0 Å². The van der Waals surface area contributed by atoms with Crippen LogP contribution in [0.5, 0.6) is 0 Å². The second kappa shape index (κ2) is 5.08. The Morgan fingerprint density at radius 1 is 1.47 bits per heavy atom. The highest BCUT2D eigenvalue weighted by Crippen LogP contribution is 2.28. The molecule has 0 saturated carbocycles. The molecule has 2 heterocycles. The molecule has 1 aliphatic rings. The van der Waals surface area contributed by atoms with E-state index in [0.29, 0.717) is 18.0 Å². The lowest BCUT2D eigenvalue weighted by molar-refractivity contribution is 0.282. The quantitative estimate of drug-likeness (QED) is 0.867. The maximum atomic E-state index is 4.37. The molecule has 0 bridgehead atoms.